The fraction of sp³-hybridized carbons (Fsp3) is 0.150. The van der Waals surface area contributed by atoms with Crippen molar-refractivity contribution in [3.8, 4) is 11.5 Å². The lowest BCUT2D eigenvalue weighted by Gasteiger charge is -2.45. The molecule has 0 unspecified atom stereocenters. The molecule has 0 aromatic heterocycles. The van der Waals surface area contributed by atoms with E-state index in [1.165, 1.54) is 49.0 Å². The Balaban J connectivity index is 1.91. The van der Waals surface area contributed by atoms with Crippen LogP contribution in [0, 0.1) is 0 Å². The van der Waals surface area contributed by atoms with Crippen LogP contribution in [-0.2, 0) is 0 Å². The number of rotatable bonds is 7. The topological polar surface area (TPSA) is 18.5 Å². The van der Waals surface area contributed by atoms with E-state index in [0.29, 0.717) is 0 Å². The Morgan fingerprint density at radius 2 is 0.814 bits per heavy atom. The van der Waals surface area contributed by atoms with Gasteiger partial charge in [0.1, 0.15) is 11.5 Å². The largest absolute Gasteiger partial charge is 0.497 e. The third-order valence-corrected chi connectivity index (χ3v) is 14.7. The molecule has 0 spiro atoms. The molecular formula is C40H38O2Si. The molecule has 3 heteroatoms. The molecule has 0 bridgehead atoms. The van der Waals surface area contributed by atoms with Crippen LogP contribution in [-0.4, -0.2) is 22.3 Å². The standard InChI is InChI=1S/C40H38O2Si/c1-40(2,3)43(35-25-13-8-14-26-35)38(31-21-15-23-33(27-31)41-4)36(29-17-9-6-10-18-29)37(30-19-11-7-12-20-30)39(43)32-22-16-24-34(28-32)42-5/h6-28H,1-5H3. The lowest BCUT2D eigenvalue weighted by atomic mass is 9.89. The predicted molar refractivity (Wildman–Crippen MR) is 184 cm³/mol. The van der Waals surface area contributed by atoms with Gasteiger partial charge in [-0.05, 0) is 78.3 Å². The number of hydrogen-bond donors (Lipinski definition) is 0. The molecule has 0 aliphatic carbocycles. The highest BCUT2D eigenvalue weighted by Crippen LogP contribution is 2.62. The summed E-state index contributed by atoms with van der Waals surface area (Å²) < 4.78 is 11.7. The molecular weight excluding hydrogens is 541 g/mol. The minimum Gasteiger partial charge on any atom is -0.497 e. The van der Waals surface area contributed by atoms with Gasteiger partial charge >= 0.3 is 0 Å². The van der Waals surface area contributed by atoms with Crippen LogP contribution >= 0.6 is 0 Å². The van der Waals surface area contributed by atoms with Gasteiger partial charge in [-0.15, -0.1) is 0 Å². The zero-order valence-corrected chi connectivity index (χ0v) is 26.6. The maximum absolute atomic E-state index is 5.83. The van der Waals surface area contributed by atoms with Crippen LogP contribution in [0.4, 0.5) is 0 Å². The molecule has 0 radical (unpaired) electrons. The van der Waals surface area contributed by atoms with Gasteiger partial charge in [0.05, 0.1) is 14.2 Å². The highest BCUT2D eigenvalue weighted by molar-refractivity contribution is 7.23. The van der Waals surface area contributed by atoms with Crippen LogP contribution in [0.1, 0.15) is 43.0 Å². The van der Waals surface area contributed by atoms with Crippen LogP contribution in [0.15, 0.2) is 140 Å². The van der Waals surface area contributed by atoms with Gasteiger partial charge in [0.25, 0.3) is 0 Å². The van der Waals surface area contributed by atoms with E-state index >= 15 is 0 Å². The average molecular weight is 579 g/mol. The number of hydrogen-bond acceptors (Lipinski definition) is 2. The Morgan fingerprint density at radius 1 is 0.442 bits per heavy atom. The van der Waals surface area contributed by atoms with E-state index in [0.717, 1.165) is 11.5 Å². The summed E-state index contributed by atoms with van der Waals surface area (Å²) in [5.74, 6) is 1.72. The second kappa shape index (κ2) is 11.6. The van der Waals surface area contributed by atoms with Crippen molar-refractivity contribution in [1.29, 1.82) is 0 Å². The Bertz CT molecular complexity index is 1690. The zero-order valence-electron chi connectivity index (χ0n) is 25.6. The summed E-state index contributed by atoms with van der Waals surface area (Å²) in [6.45, 7) is 7.30. The Morgan fingerprint density at radius 3 is 1.19 bits per heavy atom. The number of methoxy groups -OCH3 is 2. The third kappa shape index (κ3) is 4.84. The first kappa shape index (κ1) is 28.5. The second-order valence-corrected chi connectivity index (χ2v) is 16.6. The molecule has 5 aromatic carbocycles. The highest BCUT2D eigenvalue weighted by atomic mass is 28.3. The van der Waals surface area contributed by atoms with E-state index in [2.05, 4.69) is 148 Å². The Kier molecular flexibility index (Phi) is 7.68. The van der Waals surface area contributed by atoms with Gasteiger partial charge in [0.15, 0.2) is 8.07 Å². The molecule has 43 heavy (non-hydrogen) atoms. The predicted octanol–water partition coefficient (Wildman–Crippen LogP) is 9.47. The number of allylic oxidation sites excluding steroid dienone is 2. The summed E-state index contributed by atoms with van der Waals surface area (Å²) in [6, 6.07) is 50.4. The first-order valence-corrected chi connectivity index (χ1v) is 16.8. The van der Waals surface area contributed by atoms with Crippen LogP contribution in [0.25, 0.3) is 21.5 Å². The molecule has 0 fully saturated rings. The van der Waals surface area contributed by atoms with E-state index in [-0.39, 0.29) is 5.04 Å². The van der Waals surface area contributed by atoms with Crippen LogP contribution in [0.2, 0.25) is 5.04 Å². The van der Waals surface area contributed by atoms with Gasteiger partial charge in [-0.1, -0.05) is 136 Å². The molecule has 0 atom stereocenters. The first-order valence-electron chi connectivity index (χ1n) is 14.8. The van der Waals surface area contributed by atoms with Gasteiger partial charge in [0.2, 0.25) is 0 Å². The quantitative estimate of drug-likeness (QED) is 0.179. The highest BCUT2D eigenvalue weighted by Gasteiger charge is 2.58. The van der Waals surface area contributed by atoms with Crippen molar-refractivity contribution in [2.24, 2.45) is 0 Å². The molecule has 1 aliphatic heterocycles. The molecule has 1 aliphatic rings. The van der Waals surface area contributed by atoms with Crippen molar-refractivity contribution in [1.82, 2.24) is 0 Å². The smallest absolute Gasteiger partial charge is 0.156 e. The van der Waals surface area contributed by atoms with E-state index in [1.807, 2.05) is 12.1 Å². The molecule has 6 rings (SSSR count). The van der Waals surface area contributed by atoms with E-state index in [1.54, 1.807) is 14.2 Å². The summed E-state index contributed by atoms with van der Waals surface area (Å²) in [5.41, 5.74) is 7.43. The van der Waals surface area contributed by atoms with Gasteiger partial charge in [-0.2, -0.15) is 0 Å². The summed E-state index contributed by atoms with van der Waals surface area (Å²) in [5, 5.41) is 4.08. The van der Waals surface area contributed by atoms with Crippen LogP contribution < -0.4 is 14.7 Å². The van der Waals surface area contributed by atoms with Gasteiger partial charge in [-0.3, -0.25) is 0 Å². The van der Waals surface area contributed by atoms with Crippen molar-refractivity contribution in [2.75, 3.05) is 14.2 Å². The fourth-order valence-electron chi connectivity index (χ4n) is 6.98. The maximum Gasteiger partial charge on any atom is 0.156 e. The SMILES string of the molecule is COc1cccc(C2=C(c3ccccc3)C(c3ccccc3)=C(c3cccc(OC)c3)[Si]2(c2ccccc2)C(C)(C)C)c1. The van der Waals surface area contributed by atoms with Gasteiger partial charge in [-0.25, -0.2) is 0 Å². The molecule has 214 valence electrons. The monoisotopic (exact) mass is 578 g/mol. The summed E-state index contributed by atoms with van der Waals surface area (Å²) in [7, 11) is 0.637. The number of benzene rings is 5. The van der Waals surface area contributed by atoms with Crippen molar-refractivity contribution < 1.29 is 9.47 Å². The maximum atomic E-state index is 5.83. The molecule has 0 N–H and O–H groups in total. The van der Waals surface area contributed by atoms with Gasteiger partial charge in [0, 0.05) is 0 Å². The zero-order chi connectivity index (χ0) is 30.0. The summed E-state index contributed by atoms with van der Waals surface area (Å²) in [4.78, 5) is 0. The lowest BCUT2D eigenvalue weighted by molar-refractivity contribution is 0.414. The first-order chi connectivity index (χ1) is 20.9. The van der Waals surface area contributed by atoms with Crippen molar-refractivity contribution >= 4 is 34.8 Å². The van der Waals surface area contributed by atoms with Crippen molar-refractivity contribution in [3.05, 3.63) is 162 Å². The van der Waals surface area contributed by atoms with E-state index in [9.17, 15) is 0 Å². The second-order valence-electron chi connectivity index (χ2n) is 12.1. The third-order valence-electron chi connectivity index (χ3n) is 8.67. The minimum absolute atomic E-state index is 0.123. The molecule has 0 amide bonds. The molecule has 2 nitrogen and oxygen atoms in total. The van der Waals surface area contributed by atoms with Crippen LogP contribution in [0.3, 0.4) is 0 Å². The van der Waals surface area contributed by atoms with Crippen molar-refractivity contribution in [2.45, 2.75) is 25.8 Å². The normalized spacial score (nSPS) is 14.6. The average Bonchev–Trinajstić information content (AvgIpc) is 3.39. The van der Waals surface area contributed by atoms with E-state index in [4.69, 9.17) is 9.47 Å². The Hall–Kier alpha value is -4.60. The van der Waals surface area contributed by atoms with Crippen LogP contribution in [0.5, 0.6) is 11.5 Å². The Labute approximate surface area is 257 Å². The molecule has 0 saturated carbocycles. The number of ether oxygens (including phenoxy) is 2. The fourth-order valence-corrected chi connectivity index (χ4v) is 13.3. The molecule has 0 saturated heterocycles. The summed E-state index contributed by atoms with van der Waals surface area (Å²) in [6.07, 6.45) is 0. The van der Waals surface area contributed by atoms with E-state index < -0.39 is 8.07 Å². The summed E-state index contributed by atoms with van der Waals surface area (Å²) >= 11 is 0. The van der Waals surface area contributed by atoms with Crippen molar-refractivity contribution in [3.63, 3.8) is 0 Å². The molecule has 1 heterocycles. The molecule has 5 aromatic rings. The lowest BCUT2D eigenvalue weighted by Crippen LogP contribution is -2.56. The minimum atomic E-state index is -2.87. The van der Waals surface area contributed by atoms with Gasteiger partial charge < -0.3 is 9.47 Å².